The molecule has 2 aliphatic rings. The monoisotopic (exact) mass is 289 g/mol. The Morgan fingerprint density at radius 1 is 1.24 bits per heavy atom. The molecule has 3 rings (SSSR count). The number of aromatic nitrogens is 2. The van der Waals surface area contributed by atoms with Gasteiger partial charge in [0.05, 0.1) is 0 Å². The van der Waals surface area contributed by atoms with Crippen LogP contribution in [0.3, 0.4) is 0 Å². The fourth-order valence-corrected chi connectivity index (χ4v) is 2.35. The Bertz CT molecular complexity index is 570. The minimum atomic E-state index is -0.417. The molecule has 7 nitrogen and oxygen atoms in total. The number of hydrogen-bond donors (Lipinski definition) is 3. The van der Waals surface area contributed by atoms with E-state index in [0.717, 1.165) is 31.0 Å². The van der Waals surface area contributed by atoms with Crippen LogP contribution in [0, 0.1) is 0 Å². The van der Waals surface area contributed by atoms with Gasteiger partial charge < -0.3 is 10.6 Å². The Hall–Kier alpha value is -2.18. The summed E-state index contributed by atoms with van der Waals surface area (Å²) in [6, 6.07) is 1.39. The first-order chi connectivity index (χ1) is 10.2. The van der Waals surface area contributed by atoms with Gasteiger partial charge in [0.2, 0.25) is 11.8 Å². The second-order valence-electron chi connectivity index (χ2n) is 5.45. The van der Waals surface area contributed by atoms with Gasteiger partial charge in [0.15, 0.2) is 0 Å². The number of anilines is 2. The van der Waals surface area contributed by atoms with Crippen molar-refractivity contribution in [1.82, 2.24) is 15.3 Å². The minimum Gasteiger partial charge on any atom is -0.370 e. The molecule has 1 saturated heterocycles. The van der Waals surface area contributed by atoms with E-state index >= 15 is 0 Å². The number of carbonyl (C=O) groups is 2. The highest BCUT2D eigenvalue weighted by molar-refractivity contribution is 6.01. The lowest BCUT2D eigenvalue weighted by Gasteiger charge is -2.22. The molecule has 2 heterocycles. The summed E-state index contributed by atoms with van der Waals surface area (Å²) in [5.74, 6) is 2.16. The van der Waals surface area contributed by atoms with Crippen LogP contribution >= 0.6 is 0 Å². The average molecular weight is 289 g/mol. The molecule has 21 heavy (non-hydrogen) atoms. The second-order valence-corrected chi connectivity index (χ2v) is 5.45. The number of hydrogen-bond acceptors (Lipinski definition) is 6. The Labute approximate surface area is 122 Å². The van der Waals surface area contributed by atoms with Gasteiger partial charge in [-0.2, -0.15) is 0 Å². The molecule has 0 spiro atoms. The highest BCUT2D eigenvalue weighted by Crippen LogP contribution is 2.38. The highest BCUT2D eigenvalue weighted by atomic mass is 16.2. The van der Waals surface area contributed by atoms with Gasteiger partial charge in [0.25, 0.3) is 0 Å². The Morgan fingerprint density at radius 3 is 2.67 bits per heavy atom. The molecule has 1 aromatic rings. The summed E-state index contributed by atoms with van der Waals surface area (Å²) in [6.07, 6.45) is 3.08. The standard InChI is InChI=1S/C14H19N5O2/c1-2-15-10-7-11(18-13(17-10)8-3-4-8)16-9-5-6-12(20)19-14(9)21/h7-9H,2-6H2,1H3,(H,19,20,21)(H2,15,16,17,18). The van der Waals surface area contributed by atoms with Gasteiger partial charge in [-0.15, -0.1) is 0 Å². The zero-order valence-electron chi connectivity index (χ0n) is 12.0. The third-order valence-electron chi connectivity index (χ3n) is 3.61. The summed E-state index contributed by atoms with van der Waals surface area (Å²) in [5, 5.41) is 8.64. The van der Waals surface area contributed by atoms with Crippen molar-refractivity contribution in [2.45, 2.75) is 44.6 Å². The lowest BCUT2D eigenvalue weighted by molar-refractivity contribution is -0.133. The van der Waals surface area contributed by atoms with Gasteiger partial charge in [0, 0.05) is 24.9 Å². The summed E-state index contributed by atoms with van der Waals surface area (Å²) in [5.41, 5.74) is 0. The van der Waals surface area contributed by atoms with Crippen molar-refractivity contribution in [1.29, 1.82) is 0 Å². The smallest absolute Gasteiger partial charge is 0.249 e. The number of nitrogens with zero attached hydrogens (tertiary/aromatic N) is 2. The highest BCUT2D eigenvalue weighted by Gasteiger charge is 2.29. The van der Waals surface area contributed by atoms with Gasteiger partial charge in [-0.3, -0.25) is 14.9 Å². The second kappa shape index (κ2) is 5.67. The molecule has 1 unspecified atom stereocenters. The first-order valence-corrected chi connectivity index (χ1v) is 7.39. The summed E-state index contributed by atoms with van der Waals surface area (Å²) in [4.78, 5) is 32.0. The van der Waals surface area contributed by atoms with Gasteiger partial charge >= 0.3 is 0 Å². The number of piperidine rings is 1. The molecule has 1 saturated carbocycles. The third-order valence-corrected chi connectivity index (χ3v) is 3.61. The zero-order chi connectivity index (χ0) is 14.8. The number of carbonyl (C=O) groups excluding carboxylic acids is 2. The van der Waals surface area contributed by atoms with Crippen LogP contribution in [0.15, 0.2) is 6.07 Å². The number of amides is 2. The molecule has 1 atom stereocenters. The Kier molecular flexibility index (Phi) is 3.72. The van der Waals surface area contributed by atoms with Crippen molar-refractivity contribution >= 4 is 23.5 Å². The SMILES string of the molecule is CCNc1cc(NC2CCC(=O)NC2=O)nc(C2CC2)n1. The topological polar surface area (TPSA) is 96.0 Å². The van der Waals surface area contributed by atoms with Crippen LogP contribution in [0.5, 0.6) is 0 Å². The maximum Gasteiger partial charge on any atom is 0.249 e. The molecular formula is C14H19N5O2. The Morgan fingerprint density at radius 2 is 2.00 bits per heavy atom. The molecule has 2 fully saturated rings. The lowest BCUT2D eigenvalue weighted by Crippen LogP contribution is -2.47. The summed E-state index contributed by atoms with van der Waals surface area (Å²) >= 11 is 0. The zero-order valence-corrected chi connectivity index (χ0v) is 12.0. The third kappa shape index (κ3) is 3.29. The molecular weight excluding hydrogens is 270 g/mol. The molecule has 0 bridgehead atoms. The van der Waals surface area contributed by atoms with Crippen molar-refractivity contribution in [3.8, 4) is 0 Å². The molecule has 7 heteroatoms. The summed E-state index contributed by atoms with van der Waals surface area (Å²) in [7, 11) is 0. The van der Waals surface area contributed by atoms with E-state index in [1.54, 1.807) is 6.07 Å². The minimum absolute atomic E-state index is 0.215. The predicted octanol–water partition coefficient (Wildman–Crippen LogP) is 1.00. The van der Waals surface area contributed by atoms with E-state index in [9.17, 15) is 9.59 Å². The normalized spacial score (nSPS) is 21.9. The Balaban J connectivity index is 1.77. The van der Waals surface area contributed by atoms with Crippen LogP contribution < -0.4 is 16.0 Å². The van der Waals surface area contributed by atoms with Crippen molar-refractivity contribution in [2.75, 3.05) is 17.2 Å². The van der Waals surface area contributed by atoms with Crippen LogP contribution in [-0.4, -0.2) is 34.4 Å². The van der Waals surface area contributed by atoms with E-state index in [1.807, 2.05) is 6.92 Å². The molecule has 0 radical (unpaired) electrons. The van der Waals surface area contributed by atoms with E-state index in [4.69, 9.17) is 0 Å². The van der Waals surface area contributed by atoms with Crippen LogP contribution in [-0.2, 0) is 9.59 Å². The molecule has 0 aromatic carbocycles. The van der Waals surface area contributed by atoms with Crippen molar-refractivity contribution in [2.24, 2.45) is 0 Å². The van der Waals surface area contributed by atoms with E-state index < -0.39 is 6.04 Å². The van der Waals surface area contributed by atoms with Crippen LogP contribution in [0.25, 0.3) is 0 Å². The summed E-state index contributed by atoms with van der Waals surface area (Å²) in [6.45, 7) is 2.78. The van der Waals surface area contributed by atoms with Gasteiger partial charge in [0.1, 0.15) is 23.5 Å². The largest absolute Gasteiger partial charge is 0.370 e. The van der Waals surface area contributed by atoms with Crippen LogP contribution in [0.2, 0.25) is 0 Å². The number of rotatable bonds is 5. The maximum atomic E-state index is 11.8. The molecule has 1 aliphatic heterocycles. The maximum absolute atomic E-state index is 11.8. The fourth-order valence-electron chi connectivity index (χ4n) is 2.35. The van der Waals surface area contributed by atoms with E-state index in [0.29, 0.717) is 24.6 Å². The quantitative estimate of drug-likeness (QED) is 0.700. The van der Waals surface area contributed by atoms with Crippen LogP contribution in [0.1, 0.15) is 44.3 Å². The lowest BCUT2D eigenvalue weighted by atomic mass is 10.1. The summed E-state index contributed by atoms with van der Waals surface area (Å²) < 4.78 is 0. The molecule has 1 aliphatic carbocycles. The predicted molar refractivity (Wildman–Crippen MR) is 78.0 cm³/mol. The van der Waals surface area contributed by atoms with E-state index in [2.05, 4.69) is 25.9 Å². The van der Waals surface area contributed by atoms with Crippen molar-refractivity contribution in [3.05, 3.63) is 11.9 Å². The van der Waals surface area contributed by atoms with Crippen molar-refractivity contribution < 1.29 is 9.59 Å². The van der Waals surface area contributed by atoms with Crippen LogP contribution in [0.4, 0.5) is 11.6 Å². The molecule has 1 aromatic heterocycles. The first kappa shape index (κ1) is 13.8. The van der Waals surface area contributed by atoms with Gasteiger partial charge in [-0.1, -0.05) is 0 Å². The van der Waals surface area contributed by atoms with Gasteiger partial charge in [-0.25, -0.2) is 9.97 Å². The first-order valence-electron chi connectivity index (χ1n) is 7.39. The fraction of sp³-hybridized carbons (Fsp3) is 0.571. The molecule has 112 valence electrons. The van der Waals surface area contributed by atoms with E-state index in [1.165, 1.54) is 0 Å². The number of imide groups is 1. The van der Waals surface area contributed by atoms with Gasteiger partial charge in [-0.05, 0) is 26.2 Å². The van der Waals surface area contributed by atoms with E-state index in [-0.39, 0.29) is 11.8 Å². The molecule has 3 N–H and O–H groups in total. The van der Waals surface area contributed by atoms with Crippen molar-refractivity contribution in [3.63, 3.8) is 0 Å². The average Bonchev–Trinajstić information content (AvgIpc) is 3.27. The molecule has 2 amide bonds. The number of nitrogens with one attached hydrogen (secondary N) is 3.